The fourth-order valence-electron chi connectivity index (χ4n) is 2.19. The van der Waals surface area contributed by atoms with E-state index < -0.39 is 36.0 Å². The molecule has 8 heteroatoms. The minimum absolute atomic E-state index is 0.0594. The number of carbonyl (C=O) groups excluding carboxylic acids is 3. The van der Waals surface area contributed by atoms with Crippen molar-refractivity contribution in [3.8, 4) is 0 Å². The molecule has 2 atom stereocenters. The minimum Gasteiger partial charge on any atom is -0.466 e. The summed E-state index contributed by atoms with van der Waals surface area (Å²) in [6, 6.07) is 0. The fourth-order valence-corrected chi connectivity index (χ4v) is 2.19. The van der Waals surface area contributed by atoms with Crippen molar-refractivity contribution in [3.63, 3.8) is 0 Å². The van der Waals surface area contributed by atoms with E-state index in [4.69, 9.17) is 18.9 Å². The zero-order chi connectivity index (χ0) is 20.7. The molecule has 0 amide bonds. The minimum atomic E-state index is -2.52. The third kappa shape index (κ3) is 9.19. The molecule has 0 aliphatic carbocycles. The van der Waals surface area contributed by atoms with Crippen molar-refractivity contribution >= 4 is 17.9 Å². The summed E-state index contributed by atoms with van der Waals surface area (Å²) < 4.78 is 20.1. The Hall–Kier alpha value is -1.67. The van der Waals surface area contributed by atoms with Crippen LogP contribution in [0.15, 0.2) is 0 Å². The van der Waals surface area contributed by atoms with Crippen LogP contribution in [0.25, 0.3) is 0 Å². The van der Waals surface area contributed by atoms with E-state index >= 15 is 0 Å². The molecule has 0 rings (SSSR count). The lowest BCUT2D eigenvalue weighted by Crippen LogP contribution is -2.56. The molecule has 0 saturated carbocycles. The molecular formula is C19H34O8. The van der Waals surface area contributed by atoms with Gasteiger partial charge in [-0.15, -0.1) is 0 Å². The van der Waals surface area contributed by atoms with Crippen LogP contribution in [0.5, 0.6) is 0 Å². The van der Waals surface area contributed by atoms with Gasteiger partial charge in [0, 0.05) is 7.11 Å². The van der Waals surface area contributed by atoms with E-state index in [1.165, 1.54) is 0 Å². The number of esters is 3. The van der Waals surface area contributed by atoms with E-state index in [0.717, 1.165) is 26.4 Å². The van der Waals surface area contributed by atoms with Crippen LogP contribution < -0.4 is 0 Å². The zero-order valence-corrected chi connectivity index (χ0v) is 17.0. The van der Waals surface area contributed by atoms with E-state index in [2.05, 4.69) is 0 Å². The Labute approximate surface area is 161 Å². The van der Waals surface area contributed by atoms with Gasteiger partial charge in [-0.25, -0.2) is 9.59 Å². The lowest BCUT2D eigenvalue weighted by molar-refractivity contribution is -0.198. The lowest BCUT2D eigenvalue weighted by Gasteiger charge is -2.30. The van der Waals surface area contributed by atoms with Gasteiger partial charge in [-0.3, -0.25) is 4.79 Å². The van der Waals surface area contributed by atoms with Crippen molar-refractivity contribution in [2.45, 2.75) is 77.4 Å². The normalized spacial score (nSPS) is 14.1. The van der Waals surface area contributed by atoms with Gasteiger partial charge in [-0.2, -0.15) is 0 Å². The highest BCUT2D eigenvalue weighted by Gasteiger charge is 2.52. The Morgan fingerprint density at radius 1 is 0.852 bits per heavy atom. The van der Waals surface area contributed by atoms with Crippen LogP contribution in [0.2, 0.25) is 0 Å². The van der Waals surface area contributed by atoms with Crippen LogP contribution in [-0.2, 0) is 33.3 Å². The number of methoxy groups -OCH3 is 1. The molecule has 2 unspecified atom stereocenters. The Morgan fingerprint density at radius 3 is 1.81 bits per heavy atom. The van der Waals surface area contributed by atoms with Crippen molar-refractivity contribution < 1.29 is 38.4 Å². The molecule has 0 aromatic heterocycles. The third-order valence-corrected chi connectivity index (χ3v) is 3.89. The van der Waals surface area contributed by atoms with Crippen LogP contribution in [0, 0.1) is 0 Å². The molecule has 27 heavy (non-hydrogen) atoms. The van der Waals surface area contributed by atoms with Crippen LogP contribution in [-0.4, -0.2) is 61.6 Å². The van der Waals surface area contributed by atoms with Gasteiger partial charge in [-0.1, -0.05) is 40.0 Å². The number of ether oxygens (including phenoxy) is 4. The van der Waals surface area contributed by atoms with Gasteiger partial charge in [-0.05, 0) is 19.3 Å². The second-order valence-electron chi connectivity index (χ2n) is 6.30. The molecule has 0 aromatic rings. The number of hydrogen-bond acceptors (Lipinski definition) is 8. The quantitative estimate of drug-likeness (QED) is 0.257. The highest BCUT2D eigenvalue weighted by molar-refractivity contribution is 5.92. The van der Waals surface area contributed by atoms with E-state index in [9.17, 15) is 19.5 Å². The fraction of sp³-hybridized carbons (Fsp3) is 0.842. The molecule has 158 valence electrons. The first-order valence-corrected chi connectivity index (χ1v) is 9.61. The summed E-state index contributed by atoms with van der Waals surface area (Å²) >= 11 is 0. The summed E-state index contributed by atoms with van der Waals surface area (Å²) in [4.78, 5) is 36.9. The predicted octanol–water partition coefficient (Wildman–Crippen LogP) is 2.15. The average Bonchev–Trinajstić information content (AvgIpc) is 2.62. The average molecular weight is 390 g/mol. The first-order chi connectivity index (χ1) is 12.9. The number of hydrogen-bond donors (Lipinski definition) is 1. The van der Waals surface area contributed by atoms with Crippen molar-refractivity contribution in [2.75, 3.05) is 26.9 Å². The van der Waals surface area contributed by atoms with Gasteiger partial charge in [0.2, 0.25) is 5.60 Å². The molecule has 0 aliphatic heterocycles. The molecule has 1 N–H and O–H groups in total. The van der Waals surface area contributed by atoms with Crippen molar-refractivity contribution in [3.05, 3.63) is 0 Å². The predicted molar refractivity (Wildman–Crippen MR) is 98.0 cm³/mol. The Morgan fingerprint density at radius 2 is 1.33 bits per heavy atom. The number of aliphatic hydroxyl groups is 1. The maximum absolute atomic E-state index is 12.5. The summed E-state index contributed by atoms with van der Waals surface area (Å²) in [5.41, 5.74) is -2.52. The molecule has 0 radical (unpaired) electrons. The summed E-state index contributed by atoms with van der Waals surface area (Å²) in [5.74, 6) is -2.85. The Bertz CT molecular complexity index is 451. The van der Waals surface area contributed by atoms with Gasteiger partial charge in [0.1, 0.15) is 0 Å². The maximum Gasteiger partial charge on any atom is 0.342 e. The third-order valence-electron chi connectivity index (χ3n) is 3.89. The molecule has 0 spiro atoms. The van der Waals surface area contributed by atoms with Gasteiger partial charge >= 0.3 is 17.9 Å². The topological polar surface area (TPSA) is 108 Å². The molecule has 0 aromatic carbocycles. The summed E-state index contributed by atoms with van der Waals surface area (Å²) in [5, 5.41) is 10.9. The number of rotatable bonds is 15. The second kappa shape index (κ2) is 14.4. The number of unbranched alkanes of at least 4 members (excludes halogenated alkanes) is 3. The summed E-state index contributed by atoms with van der Waals surface area (Å²) in [6.45, 7) is 6.11. The lowest BCUT2D eigenvalue weighted by atomic mass is 9.92. The van der Waals surface area contributed by atoms with E-state index in [-0.39, 0.29) is 19.8 Å². The van der Waals surface area contributed by atoms with Crippen LogP contribution >= 0.6 is 0 Å². The van der Waals surface area contributed by atoms with E-state index in [1.54, 1.807) is 0 Å². The molecule has 0 aliphatic rings. The van der Waals surface area contributed by atoms with E-state index in [1.807, 2.05) is 20.8 Å². The van der Waals surface area contributed by atoms with Gasteiger partial charge in [0.15, 0.2) is 6.10 Å². The molecule has 0 heterocycles. The SMILES string of the molecule is CCCCOC(=O)CC(O)(C(=O)OCCCC)C(OC)C(=O)OCCCC. The molecule has 0 saturated heterocycles. The van der Waals surface area contributed by atoms with Crippen LogP contribution in [0.3, 0.4) is 0 Å². The molecule has 8 nitrogen and oxygen atoms in total. The van der Waals surface area contributed by atoms with Crippen molar-refractivity contribution in [2.24, 2.45) is 0 Å². The van der Waals surface area contributed by atoms with E-state index in [0.29, 0.717) is 19.3 Å². The first-order valence-electron chi connectivity index (χ1n) is 9.61. The Kier molecular flexibility index (Phi) is 13.5. The molecule has 0 fully saturated rings. The van der Waals surface area contributed by atoms with Crippen LogP contribution in [0.4, 0.5) is 0 Å². The summed E-state index contributed by atoms with van der Waals surface area (Å²) in [6.07, 6.45) is 1.81. The monoisotopic (exact) mass is 390 g/mol. The van der Waals surface area contributed by atoms with Crippen molar-refractivity contribution in [1.82, 2.24) is 0 Å². The number of carbonyl (C=O) groups is 3. The highest BCUT2D eigenvalue weighted by atomic mass is 16.6. The first kappa shape index (κ1) is 25.3. The zero-order valence-electron chi connectivity index (χ0n) is 17.0. The van der Waals surface area contributed by atoms with Crippen LogP contribution in [0.1, 0.15) is 65.7 Å². The standard InChI is InChI=1S/C19H34O8/c1-5-8-11-25-15(20)14-19(23,18(22)27-13-10-7-3)16(24-4)17(21)26-12-9-6-2/h16,23H,5-14H2,1-4H3. The maximum atomic E-state index is 12.5. The molecule has 0 bridgehead atoms. The highest BCUT2D eigenvalue weighted by Crippen LogP contribution is 2.23. The van der Waals surface area contributed by atoms with Gasteiger partial charge in [0.25, 0.3) is 0 Å². The van der Waals surface area contributed by atoms with Gasteiger partial charge in [0.05, 0.1) is 26.2 Å². The Balaban J connectivity index is 5.29. The smallest absolute Gasteiger partial charge is 0.342 e. The summed E-state index contributed by atoms with van der Waals surface area (Å²) in [7, 11) is 1.15. The molecular weight excluding hydrogens is 356 g/mol. The largest absolute Gasteiger partial charge is 0.466 e. The second-order valence-corrected chi connectivity index (χ2v) is 6.30. The van der Waals surface area contributed by atoms with Gasteiger partial charge < -0.3 is 24.1 Å². The van der Waals surface area contributed by atoms with Crippen molar-refractivity contribution in [1.29, 1.82) is 0 Å².